The summed E-state index contributed by atoms with van der Waals surface area (Å²) in [6.07, 6.45) is 0. The van der Waals surface area contributed by atoms with Crippen LogP contribution in [0.3, 0.4) is 0 Å². The SMILES string of the molecule is [2H]N(OC)[PH](=O)C(C)=O.[U]. The van der Waals surface area contributed by atoms with Crippen molar-refractivity contribution < 1.29 is 46.7 Å². The van der Waals surface area contributed by atoms with Crippen molar-refractivity contribution in [3.63, 3.8) is 0 Å². The topological polar surface area (TPSA) is 55.4 Å². The maximum atomic E-state index is 10.5. The normalized spacial score (nSPS) is 13.9. The maximum absolute atomic E-state index is 10.5. The third-order valence-electron chi connectivity index (χ3n) is 0.475. The molecule has 0 aliphatic carbocycles. The minimum Gasteiger partial charge on any atom is -0.300 e. The number of nitrogens with one attached hydrogen (secondary N) is 1. The van der Waals surface area contributed by atoms with Crippen LogP contribution >= 0.6 is 7.95 Å². The molecular weight excluding hydrogens is 367 g/mol. The molecule has 9 heavy (non-hydrogen) atoms. The number of carbonyl (C=O) groups is 1. The summed E-state index contributed by atoms with van der Waals surface area (Å²) in [5.74, 6) is 0. The van der Waals surface area contributed by atoms with E-state index in [-0.39, 0.29) is 31.1 Å². The van der Waals surface area contributed by atoms with Crippen molar-refractivity contribution in [2.45, 2.75) is 6.92 Å². The van der Waals surface area contributed by atoms with Gasteiger partial charge >= 0.3 is 0 Å². The van der Waals surface area contributed by atoms with E-state index in [9.17, 15) is 9.36 Å². The summed E-state index contributed by atoms with van der Waals surface area (Å²) in [6.45, 7) is 1.15. The van der Waals surface area contributed by atoms with Gasteiger partial charge in [-0.05, 0) is 0 Å². The Morgan fingerprint density at radius 3 is 2.44 bits per heavy atom. The molecule has 0 radical (unpaired) electrons. The molecular formula is C3H8NO3PU. The van der Waals surface area contributed by atoms with Crippen molar-refractivity contribution in [3.05, 3.63) is 0 Å². The predicted molar refractivity (Wildman–Crippen MR) is 29.8 cm³/mol. The summed E-state index contributed by atoms with van der Waals surface area (Å²) in [5.41, 5.74) is -0.531. The van der Waals surface area contributed by atoms with Gasteiger partial charge in [0.05, 0.1) is 7.11 Å². The first-order valence-electron chi connectivity index (χ1n) is 2.42. The predicted octanol–water partition coefficient (Wildman–Crippen LogP) is 0.159. The van der Waals surface area contributed by atoms with Crippen LogP contribution in [0, 0.1) is 31.1 Å². The third-order valence-corrected chi connectivity index (χ3v) is 1.43. The van der Waals surface area contributed by atoms with E-state index in [1.54, 1.807) is 0 Å². The van der Waals surface area contributed by atoms with E-state index in [0.717, 1.165) is 6.92 Å². The Bertz CT molecular complexity index is 144. The second-order valence-electron chi connectivity index (χ2n) is 1.14. The molecule has 0 amide bonds. The van der Waals surface area contributed by atoms with Gasteiger partial charge in [0.1, 0.15) is 0 Å². The standard InChI is InChI=1S/C3H8NO3P.U/c1-3(5)8(6)4-7-2;/h8H,1-2H3,(H,4,6);/i/hD. The molecule has 0 aromatic carbocycles. The second-order valence-corrected chi connectivity index (χ2v) is 2.63. The van der Waals surface area contributed by atoms with E-state index >= 15 is 0 Å². The van der Waals surface area contributed by atoms with Crippen LogP contribution in [0.15, 0.2) is 0 Å². The molecule has 6 heteroatoms. The fraction of sp³-hybridized carbons (Fsp3) is 0.667. The molecule has 0 bridgehead atoms. The molecule has 0 aliphatic heterocycles. The third kappa shape index (κ3) is 6.76. The molecule has 0 saturated carbocycles. The van der Waals surface area contributed by atoms with Crippen LogP contribution in [0.25, 0.3) is 0 Å². The van der Waals surface area contributed by atoms with Crippen molar-refractivity contribution in [2.75, 3.05) is 7.11 Å². The van der Waals surface area contributed by atoms with Gasteiger partial charge in [0, 0.05) is 38.0 Å². The maximum Gasteiger partial charge on any atom is 0.220 e. The van der Waals surface area contributed by atoms with Gasteiger partial charge in [-0.25, -0.2) is 0 Å². The average molecular weight is 376 g/mol. The molecule has 0 aromatic heterocycles. The first kappa shape index (κ1) is 9.87. The number of hydrogen-bond acceptors (Lipinski definition) is 3. The van der Waals surface area contributed by atoms with Crippen molar-refractivity contribution >= 4 is 13.5 Å². The molecule has 1 N–H and O–H groups in total. The van der Waals surface area contributed by atoms with E-state index in [1.165, 1.54) is 7.11 Å². The van der Waals surface area contributed by atoms with Crippen LogP contribution < -0.4 is 5.24 Å². The zero-order chi connectivity index (χ0) is 7.44. The second kappa shape index (κ2) is 6.98. The van der Waals surface area contributed by atoms with Crippen LogP contribution in [0.2, 0.25) is 1.41 Å². The van der Waals surface area contributed by atoms with Crippen LogP contribution in [0.5, 0.6) is 0 Å². The molecule has 4 nitrogen and oxygen atoms in total. The Labute approximate surface area is 79.4 Å². The van der Waals surface area contributed by atoms with Gasteiger partial charge in [0.2, 0.25) is 13.5 Å². The summed E-state index contributed by atoms with van der Waals surface area (Å²) < 4.78 is 17.2. The van der Waals surface area contributed by atoms with Gasteiger partial charge in [-0.2, -0.15) is 0 Å². The quantitative estimate of drug-likeness (QED) is 0.564. The molecule has 1 atom stereocenters. The summed E-state index contributed by atoms with van der Waals surface area (Å²) in [4.78, 5) is 14.4. The largest absolute Gasteiger partial charge is 0.300 e. The molecule has 0 rings (SSSR count). The smallest absolute Gasteiger partial charge is 0.220 e. The van der Waals surface area contributed by atoms with Crippen molar-refractivity contribution in [3.8, 4) is 0 Å². The van der Waals surface area contributed by atoms with Gasteiger partial charge in [-0.3, -0.25) is 14.2 Å². The number of hydrogen-bond donors (Lipinski definition) is 1. The number of rotatable bonds is 3. The van der Waals surface area contributed by atoms with Gasteiger partial charge in [-0.15, -0.1) is 5.24 Å². The van der Waals surface area contributed by atoms with Crippen LogP contribution in [-0.2, 0) is 14.2 Å². The molecule has 1 unspecified atom stereocenters. The zero-order valence-corrected chi connectivity index (χ0v) is 10.3. The molecule has 0 saturated heterocycles. The zero-order valence-electron chi connectivity index (χ0n) is 6.17. The van der Waals surface area contributed by atoms with Gasteiger partial charge < -0.3 is 0 Å². The van der Waals surface area contributed by atoms with Crippen LogP contribution in [-0.4, -0.2) is 12.6 Å². The van der Waals surface area contributed by atoms with E-state index in [4.69, 9.17) is 1.41 Å². The Hall–Kier alpha value is 0.872. The molecule has 0 aromatic rings. The fourth-order valence-corrected chi connectivity index (χ4v) is 0.442. The Morgan fingerprint density at radius 2 is 2.33 bits per heavy atom. The van der Waals surface area contributed by atoms with Crippen LogP contribution in [0.4, 0.5) is 0 Å². The first-order valence-corrected chi connectivity index (χ1v) is 3.33. The minimum absolute atomic E-state index is 0. The van der Waals surface area contributed by atoms with Gasteiger partial charge in [0.15, 0.2) is 1.41 Å². The van der Waals surface area contributed by atoms with E-state index in [0.29, 0.717) is 5.24 Å². The Kier molecular flexibility index (Phi) is 7.66. The fourth-order valence-electron chi connectivity index (χ4n) is 0.147. The summed E-state index contributed by atoms with van der Waals surface area (Å²) in [7, 11) is -1.47. The van der Waals surface area contributed by atoms with Gasteiger partial charge in [-0.1, -0.05) is 0 Å². The monoisotopic (exact) mass is 376 g/mol. The van der Waals surface area contributed by atoms with E-state index in [1.807, 2.05) is 0 Å². The Morgan fingerprint density at radius 1 is 1.89 bits per heavy atom. The van der Waals surface area contributed by atoms with E-state index in [2.05, 4.69) is 4.84 Å². The van der Waals surface area contributed by atoms with Crippen molar-refractivity contribution in [1.29, 1.82) is 0 Å². The average Bonchev–Trinajstić information content (AvgIpc) is 1.84. The molecule has 0 fully saturated rings. The van der Waals surface area contributed by atoms with Crippen LogP contribution in [0.1, 0.15) is 6.92 Å². The summed E-state index contributed by atoms with van der Waals surface area (Å²) in [6, 6.07) is 0. The van der Waals surface area contributed by atoms with Gasteiger partial charge in [0.25, 0.3) is 0 Å². The molecule has 52 valence electrons. The summed E-state index contributed by atoms with van der Waals surface area (Å²) >= 11 is 0. The number of carbonyl (C=O) groups excluding carboxylic acids is 1. The minimum atomic E-state index is -2.65. The van der Waals surface area contributed by atoms with Crippen molar-refractivity contribution in [1.82, 2.24) is 5.24 Å². The molecule has 0 heterocycles. The van der Waals surface area contributed by atoms with Crippen molar-refractivity contribution in [2.24, 2.45) is 0 Å². The molecule has 0 spiro atoms. The van der Waals surface area contributed by atoms with E-state index < -0.39 is 13.5 Å². The molecule has 0 aliphatic rings. The summed E-state index contributed by atoms with van der Waals surface area (Å²) in [5, 5.41) is 0.312. The Balaban J connectivity index is 0. The first-order chi connectivity index (χ1) is 4.09.